The van der Waals surface area contributed by atoms with Crippen molar-refractivity contribution in [2.75, 3.05) is 5.75 Å². The highest BCUT2D eigenvalue weighted by atomic mass is 32.2. The molecule has 0 spiro atoms. The van der Waals surface area contributed by atoms with E-state index in [4.69, 9.17) is 0 Å². The Balaban J connectivity index is 1.83. The molecule has 0 aliphatic rings. The largest absolute Gasteiger partial charge is 0.353 e. The Bertz CT molecular complexity index is 941. The molecule has 1 atom stereocenters. The van der Waals surface area contributed by atoms with E-state index in [1.807, 2.05) is 41.8 Å². The van der Waals surface area contributed by atoms with Gasteiger partial charge in [-0.05, 0) is 42.7 Å². The van der Waals surface area contributed by atoms with Gasteiger partial charge in [-0.15, -0.1) is 10.2 Å². The van der Waals surface area contributed by atoms with Crippen molar-refractivity contribution in [1.29, 1.82) is 0 Å². The van der Waals surface area contributed by atoms with Crippen LogP contribution < -0.4 is 5.32 Å². The number of hydrogen-bond donors (Lipinski definition) is 1. The zero-order valence-corrected chi connectivity index (χ0v) is 17.6. The average Bonchev–Trinajstić information content (AvgIpc) is 3.10. The molecular weight excluding hydrogens is 387 g/mol. The Morgan fingerprint density at radius 1 is 1.07 bits per heavy atom. The van der Waals surface area contributed by atoms with Gasteiger partial charge in [0.25, 0.3) is 0 Å². The van der Waals surface area contributed by atoms with Crippen LogP contribution in [0.4, 0.5) is 4.39 Å². The fourth-order valence-electron chi connectivity index (χ4n) is 2.73. The van der Waals surface area contributed by atoms with Crippen LogP contribution in [0.5, 0.6) is 0 Å². The first-order chi connectivity index (χ1) is 13.9. The van der Waals surface area contributed by atoms with Crippen LogP contribution in [-0.4, -0.2) is 32.5 Å². The van der Waals surface area contributed by atoms with Crippen molar-refractivity contribution in [1.82, 2.24) is 20.1 Å². The molecule has 0 bridgehead atoms. The molecule has 152 valence electrons. The zero-order valence-electron chi connectivity index (χ0n) is 16.8. The van der Waals surface area contributed by atoms with Gasteiger partial charge in [-0.25, -0.2) is 4.39 Å². The molecule has 1 heterocycles. The van der Waals surface area contributed by atoms with E-state index in [0.29, 0.717) is 17.5 Å². The lowest BCUT2D eigenvalue weighted by molar-refractivity contribution is -0.119. The van der Waals surface area contributed by atoms with Crippen molar-refractivity contribution >= 4 is 17.7 Å². The zero-order chi connectivity index (χ0) is 20.8. The molecule has 29 heavy (non-hydrogen) atoms. The van der Waals surface area contributed by atoms with E-state index >= 15 is 0 Å². The Labute approximate surface area is 174 Å². The fourth-order valence-corrected chi connectivity index (χ4v) is 3.51. The first-order valence-electron chi connectivity index (χ1n) is 9.60. The molecule has 2 aromatic carbocycles. The summed E-state index contributed by atoms with van der Waals surface area (Å²) >= 11 is 1.32. The molecule has 0 saturated carbocycles. The van der Waals surface area contributed by atoms with Gasteiger partial charge < -0.3 is 5.32 Å². The number of carbonyl (C=O) groups is 1. The Morgan fingerprint density at radius 3 is 2.41 bits per heavy atom. The third-order valence-corrected chi connectivity index (χ3v) is 5.64. The highest BCUT2D eigenvalue weighted by molar-refractivity contribution is 7.99. The van der Waals surface area contributed by atoms with E-state index in [0.717, 1.165) is 17.1 Å². The van der Waals surface area contributed by atoms with Crippen LogP contribution in [0.25, 0.3) is 5.69 Å². The molecule has 0 unspecified atom stereocenters. The molecule has 5 nitrogen and oxygen atoms in total. The lowest BCUT2D eigenvalue weighted by Crippen LogP contribution is -2.37. The molecule has 0 aliphatic carbocycles. The van der Waals surface area contributed by atoms with Crippen LogP contribution in [0.1, 0.15) is 32.2 Å². The second-order valence-electron chi connectivity index (χ2n) is 7.26. The number of rotatable bonds is 8. The van der Waals surface area contributed by atoms with Crippen LogP contribution in [0.3, 0.4) is 0 Å². The van der Waals surface area contributed by atoms with Crippen LogP contribution in [-0.2, 0) is 11.2 Å². The smallest absolute Gasteiger partial charge is 0.230 e. The standard InChI is InChI=1S/C22H25FN4OS/c1-15(2)16(3)24-21(28)14-29-22-26-25-20(13-17-7-5-4-6-8-17)27(22)19-11-9-18(23)10-12-19/h4-12,15-16H,13-14H2,1-3H3,(H,24,28)/t16-/m1/s1. The maximum absolute atomic E-state index is 13.4. The van der Waals surface area contributed by atoms with E-state index in [1.54, 1.807) is 12.1 Å². The normalized spacial score (nSPS) is 12.2. The third kappa shape index (κ3) is 5.67. The summed E-state index contributed by atoms with van der Waals surface area (Å²) in [6.45, 7) is 6.13. The number of aromatic nitrogens is 3. The minimum atomic E-state index is -0.303. The maximum atomic E-state index is 13.4. The van der Waals surface area contributed by atoms with Gasteiger partial charge in [0.05, 0.1) is 5.75 Å². The molecule has 0 radical (unpaired) electrons. The lowest BCUT2D eigenvalue weighted by atomic mass is 10.1. The summed E-state index contributed by atoms with van der Waals surface area (Å²) in [5.74, 6) is 0.990. The summed E-state index contributed by atoms with van der Waals surface area (Å²) < 4.78 is 15.3. The molecule has 1 aromatic heterocycles. The fraction of sp³-hybridized carbons (Fsp3) is 0.318. The van der Waals surface area contributed by atoms with Gasteiger partial charge in [0.1, 0.15) is 11.6 Å². The summed E-state index contributed by atoms with van der Waals surface area (Å²) in [7, 11) is 0. The third-order valence-electron chi connectivity index (χ3n) is 4.71. The summed E-state index contributed by atoms with van der Waals surface area (Å²) in [4.78, 5) is 12.3. The van der Waals surface area contributed by atoms with Crippen molar-refractivity contribution in [2.24, 2.45) is 5.92 Å². The van der Waals surface area contributed by atoms with Crippen LogP contribution in [0.2, 0.25) is 0 Å². The van der Waals surface area contributed by atoms with Gasteiger partial charge in [-0.3, -0.25) is 9.36 Å². The molecule has 1 amide bonds. The molecule has 3 rings (SSSR count). The average molecular weight is 413 g/mol. The van der Waals surface area contributed by atoms with Crippen LogP contribution in [0.15, 0.2) is 59.8 Å². The summed E-state index contributed by atoms with van der Waals surface area (Å²) in [6.07, 6.45) is 0.586. The molecule has 0 aliphatic heterocycles. The molecule has 3 aromatic rings. The predicted octanol–water partition coefficient (Wildman–Crippen LogP) is 4.25. The first-order valence-corrected chi connectivity index (χ1v) is 10.6. The molecule has 7 heteroatoms. The minimum Gasteiger partial charge on any atom is -0.353 e. The Morgan fingerprint density at radius 2 is 1.76 bits per heavy atom. The van der Waals surface area contributed by atoms with E-state index in [1.165, 1.54) is 23.9 Å². The second-order valence-corrected chi connectivity index (χ2v) is 8.20. The van der Waals surface area contributed by atoms with E-state index in [-0.39, 0.29) is 23.5 Å². The highest BCUT2D eigenvalue weighted by Gasteiger charge is 2.17. The number of halogens is 1. The summed E-state index contributed by atoms with van der Waals surface area (Å²) in [5.41, 5.74) is 1.86. The number of thioether (sulfide) groups is 1. The van der Waals surface area contributed by atoms with E-state index in [9.17, 15) is 9.18 Å². The van der Waals surface area contributed by atoms with Gasteiger partial charge in [0.2, 0.25) is 5.91 Å². The minimum absolute atomic E-state index is 0.0468. The Hall–Kier alpha value is -2.67. The molecule has 1 N–H and O–H groups in total. The molecular formula is C22H25FN4OS. The summed E-state index contributed by atoms with van der Waals surface area (Å²) in [5, 5.41) is 12.2. The first kappa shape index (κ1) is 21.0. The van der Waals surface area contributed by atoms with Crippen molar-refractivity contribution in [3.63, 3.8) is 0 Å². The van der Waals surface area contributed by atoms with Crippen molar-refractivity contribution < 1.29 is 9.18 Å². The number of nitrogens with one attached hydrogen (secondary N) is 1. The summed E-state index contributed by atoms with van der Waals surface area (Å²) in [6, 6.07) is 16.3. The van der Waals surface area contributed by atoms with Crippen molar-refractivity contribution in [3.8, 4) is 5.69 Å². The number of carbonyl (C=O) groups excluding carboxylic acids is 1. The van der Waals surface area contributed by atoms with Gasteiger partial charge in [0.15, 0.2) is 5.16 Å². The number of hydrogen-bond acceptors (Lipinski definition) is 4. The second kappa shape index (κ2) is 9.69. The van der Waals surface area contributed by atoms with Gasteiger partial charge in [0, 0.05) is 18.2 Å². The van der Waals surface area contributed by atoms with E-state index < -0.39 is 0 Å². The number of benzene rings is 2. The van der Waals surface area contributed by atoms with Crippen LogP contribution in [0, 0.1) is 11.7 Å². The van der Waals surface area contributed by atoms with Crippen molar-refractivity contribution in [2.45, 2.75) is 38.4 Å². The van der Waals surface area contributed by atoms with Crippen LogP contribution >= 0.6 is 11.8 Å². The van der Waals surface area contributed by atoms with Crippen molar-refractivity contribution in [3.05, 3.63) is 71.8 Å². The highest BCUT2D eigenvalue weighted by Crippen LogP contribution is 2.24. The number of nitrogens with zero attached hydrogens (tertiary/aromatic N) is 3. The number of amides is 1. The van der Waals surface area contributed by atoms with E-state index in [2.05, 4.69) is 29.4 Å². The topological polar surface area (TPSA) is 59.8 Å². The monoisotopic (exact) mass is 412 g/mol. The maximum Gasteiger partial charge on any atom is 0.230 e. The molecule has 0 fully saturated rings. The van der Waals surface area contributed by atoms with Gasteiger partial charge in [-0.2, -0.15) is 0 Å². The lowest BCUT2D eigenvalue weighted by Gasteiger charge is -2.17. The van der Waals surface area contributed by atoms with Gasteiger partial charge in [-0.1, -0.05) is 55.9 Å². The predicted molar refractivity (Wildman–Crippen MR) is 114 cm³/mol. The molecule has 0 saturated heterocycles. The quantitative estimate of drug-likeness (QED) is 0.562. The Kier molecular flexibility index (Phi) is 7.04. The SMILES string of the molecule is CC(C)[C@@H](C)NC(=O)CSc1nnc(Cc2ccccc2)n1-c1ccc(F)cc1. The van der Waals surface area contributed by atoms with Gasteiger partial charge >= 0.3 is 0 Å².